The van der Waals surface area contributed by atoms with Gasteiger partial charge in [-0.15, -0.1) is 0 Å². The molecule has 0 amide bonds. The smallest absolute Gasteiger partial charge is 0.0225 e. The van der Waals surface area contributed by atoms with Gasteiger partial charge in [-0.05, 0) is 36.8 Å². The number of nitrogens with two attached hydrogens (primary N) is 1. The maximum atomic E-state index is 5.77. The van der Waals surface area contributed by atoms with Crippen LogP contribution in [0.1, 0.15) is 49.6 Å². The summed E-state index contributed by atoms with van der Waals surface area (Å²) in [5, 5.41) is 0. The zero-order chi connectivity index (χ0) is 10.1. The summed E-state index contributed by atoms with van der Waals surface area (Å²) in [6, 6.07) is 2.31. The fourth-order valence-electron chi connectivity index (χ4n) is 2.45. The van der Waals surface area contributed by atoms with E-state index < -0.39 is 0 Å². The van der Waals surface area contributed by atoms with Gasteiger partial charge in [-0.25, -0.2) is 0 Å². The van der Waals surface area contributed by atoms with Crippen LogP contribution in [0, 0.1) is 0 Å². The summed E-state index contributed by atoms with van der Waals surface area (Å²) in [7, 11) is 0. The van der Waals surface area contributed by atoms with Gasteiger partial charge in [-0.1, -0.05) is 13.8 Å². The maximum absolute atomic E-state index is 5.77. The van der Waals surface area contributed by atoms with Crippen molar-refractivity contribution < 1.29 is 0 Å². The Morgan fingerprint density at radius 3 is 2.86 bits per heavy atom. The van der Waals surface area contributed by atoms with Crippen LogP contribution >= 0.6 is 0 Å². The van der Waals surface area contributed by atoms with E-state index in [1.54, 1.807) is 0 Å². The average molecular weight is 192 g/mol. The summed E-state index contributed by atoms with van der Waals surface area (Å²) in [4.78, 5) is 0. The Hall–Kier alpha value is -0.760. The van der Waals surface area contributed by atoms with Crippen LogP contribution in [0.2, 0.25) is 0 Å². The first-order valence-corrected chi connectivity index (χ1v) is 5.65. The minimum Gasteiger partial charge on any atom is -0.348 e. The van der Waals surface area contributed by atoms with E-state index in [1.807, 2.05) is 0 Å². The summed E-state index contributed by atoms with van der Waals surface area (Å²) < 4.78 is 2.50. The van der Waals surface area contributed by atoms with Crippen molar-refractivity contribution in [2.75, 3.05) is 0 Å². The molecule has 2 rings (SSSR count). The van der Waals surface area contributed by atoms with Crippen LogP contribution in [0.4, 0.5) is 0 Å². The zero-order valence-corrected chi connectivity index (χ0v) is 9.21. The Balaban J connectivity index is 2.46. The van der Waals surface area contributed by atoms with Crippen LogP contribution in [-0.4, -0.2) is 4.57 Å². The predicted molar refractivity (Wildman–Crippen MR) is 59.4 cm³/mol. The molecule has 0 saturated carbocycles. The lowest BCUT2D eigenvalue weighted by Gasteiger charge is -2.20. The van der Waals surface area contributed by atoms with E-state index in [1.165, 1.54) is 42.8 Å². The molecular formula is C12H20N2. The van der Waals surface area contributed by atoms with Crippen molar-refractivity contribution in [2.45, 2.75) is 52.1 Å². The Kier molecular flexibility index (Phi) is 2.64. The molecule has 2 heteroatoms. The summed E-state index contributed by atoms with van der Waals surface area (Å²) in [6.07, 6.45) is 3.87. The van der Waals surface area contributed by atoms with Crippen molar-refractivity contribution >= 4 is 0 Å². The van der Waals surface area contributed by atoms with Gasteiger partial charge in [-0.3, -0.25) is 0 Å². The molecule has 2 heterocycles. The van der Waals surface area contributed by atoms with Crippen LogP contribution in [0.15, 0.2) is 6.07 Å². The first-order valence-electron chi connectivity index (χ1n) is 5.65. The maximum Gasteiger partial charge on any atom is 0.0225 e. The Labute approximate surface area is 86.1 Å². The highest BCUT2D eigenvalue weighted by atomic mass is 15.0. The predicted octanol–water partition coefficient (Wildman–Crippen LogP) is 2.41. The number of hydrogen-bond acceptors (Lipinski definition) is 1. The molecule has 1 aliphatic rings. The molecule has 0 atom stereocenters. The summed E-state index contributed by atoms with van der Waals surface area (Å²) in [6.45, 7) is 6.42. The monoisotopic (exact) mass is 192 g/mol. The number of fused-ring (bicyclic) bond motifs is 1. The third-order valence-electron chi connectivity index (χ3n) is 3.19. The van der Waals surface area contributed by atoms with Gasteiger partial charge in [0.25, 0.3) is 0 Å². The molecule has 2 N–H and O–H groups in total. The molecule has 78 valence electrons. The second-order valence-corrected chi connectivity index (χ2v) is 4.51. The lowest BCUT2D eigenvalue weighted by atomic mass is 10.1. The standard InChI is InChI=1S/C12H20N2/c1-9(2)12-7-10(8-13)11-5-3-4-6-14(11)12/h7,9H,3-6,8,13H2,1-2H3. The Morgan fingerprint density at radius 2 is 2.21 bits per heavy atom. The molecule has 2 nitrogen and oxygen atoms in total. The molecule has 0 unspecified atom stereocenters. The van der Waals surface area contributed by atoms with E-state index in [9.17, 15) is 0 Å². The largest absolute Gasteiger partial charge is 0.348 e. The van der Waals surface area contributed by atoms with Gasteiger partial charge in [0.05, 0.1) is 0 Å². The minimum atomic E-state index is 0.618. The molecule has 0 bridgehead atoms. The summed E-state index contributed by atoms with van der Waals surface area (Å²) in [5.74, 6) is 0.618. The van der Waals surface area contributed by atoms with Gasteiger partial charge in [0.1, 0.15) is 0 Å². The van der Waals surface area contributed by atoms with Crippen LogP contribution in [-0.2, 0) is 19.5 Å². The molecular weight excluding hydrogens is 172 g/mol. The quantitative estimate of drug-likeness (QED) is 0.766. The van der Waals surface area contributed by atoms with Gasteiger partial charge >= 0.3 is 0 Å². The molecule has 0 fully saturated rings. The van der Waals surface area contributed by atoms with Crippen LogP contribution in [0.3, 0.4) is 0 Å². The average Bonchev–Trinajstić information content (AvgIpc) is 2.56. The topological polar surface area (TPSA) is 30.9 Å². The van der Waals surface area contributed by atoms with Gasteiger partial charge in [-0.2, -0.15) is 0 Å². The lowest BCUT2D eigenvalue weighted by Crippen LogP contribution is -2.14. The summed E-state index contributed by atoms with van der Waals surface area (Å²) >= 11 is 0. The van der Waals surface area contributed by atoms with Crippen molar-refractivity contribution in [1.82, 2.24) is 4.57 Å². The highest BCUT2D eigenvalue weighted by Crippen LogP contribution is 2.27. The lowest BCUT2D eigenvalue weighted by molar-refractivity contribution is 0.506. The Morgan fingerprint density at radius 1 is 1.43 bits per heavy atom. The van der Waals surface area contributed by atoms with E-state index in [2.05, 4.69) is 24.5 Å². The SMILES string of the molecule is CC(C)c1cc(CN)c2n1CCCC2. The normalized spacial score (nSPS) is 16.0. The molecule has 1 aromatic rings. The third kappa shape index (κ3) is 1.48. The molecule has 0 spiro atoms. The van der Waals surface area contributed by atoms with Crippen molar-refractivity contribution in [2.24, 2.45) is 5.73 Å². The van der Waals surface area contributed by atoms with Crippen molar-refractivity contribution in [3.8, 4) is 0 Å². The number of aromatic nitrogens is 1. The third-order valence-corrected chi connectivity index (χ3v) is 3.19. The van der Waals surface area contributed by atoms with E-state index >= 15 is 0 Å². The zero-order valence-electron chi connectivity index (χ0n) is 9.21. The van der Waals surface area contributed by atoms with E-state index in [0.717, 1.165) is 0 Å². The molecule has 0 saturated heterocycles. The van der Waals surface area contributed by atoms with Crippen molar-refractivity contribution in [3.05, 3.63) is 23.0 Å². The van der Waals surface area contributed by atoms with Gasteiger partial charge < -0.3 is 10.3 Å². The number of hydrogen-bond donors (Lipinski definition) is 1. The molecule has 1 aromatic heterocycles. The second-order valence-electron chi connectivity index (χ2n) is 4.51. The number of rotatable bonds is 2. The Bertz CT molecular complexity index is 323. The van der Waals surface area contributed by atoms with Crippen molar-refractivity contribution in [3.63, 3.8) is 0 Å². The van der Waals surface area contributed by atoms with E-state index in [0.29, 0.717) is 12.5 Å². The van der Waals surface area contributed by atoms with Gasteiger partial charge in [0, 0.05) is 24.5 Å². The molecule has 1 aliphatic heterocycles. The van der Waals surface area contributed by atoms with E-state index in [4.69, 9.17) is 5.73 Å². The molecule has 0 aliphatic carbocycles. The van der Waals surface area contributed by atoms with Crippen molar-refractivity contribution in [1.29, 1.82) is 0 Å². The first-order chi connectivity index (χ1) is 6.74. The van der Waals surface area contributed by atoms with E-state index in [-0.39, 0.29) is 0 Å². The van der Waals surface area contributed by atoms with Crippen LogP contribution < -0.4 is 5.73 Å². The molecule has 0 radical (unpaired) electrons. The fraction of sp³-hybridized carbons (Fsp3) is 0.667. The minimum absolute atomic E-state index is 0.618. The molecule has 0 aromatic carbocycles. The summed E-state index contributed by atoms with van der Waals surface area (Å²) in [5.41, 5.74) is 10.1. The van der Waals surface area contributed by atoms with Gasteiger partial charge in [0.15, 0.2) is 0 Å². The van der Waals surface area contributed by atoms with Crippen LogP contribution in [0.25, 0.3) is 0 Å². The fourth-order valence-corrected chi connectivity index (χ4v) is 2.45. The van der Waals surface area contributed by atoms with Gasteiger partial charge in [0.2, 0.25) is 0 Å². The number of nitrogens with zero attached hydrogens (tertiary/aromatic N) is 1. The second kappa shape index (κ2) is 3.77. The highest BCUT2D eigenvalue weighted by Gasteiger charge is 2.18. The first kappa shape index (κ1) is 9.78. The van der Waals surface area contributed by atoms with Crippen LogP contribution in [0.5, 0.6) is 0 Å². The highest BCUT2D eigenvalue weighted by molar-refractivity contribution is 5.30. The molecule has 14 heavy (non-hydrogen) atoms.